The molecule has 1 rings (SSSR count). The van der Waals surface area contributed by atoms with Crippen molar-refractivity contribution in [3.05, 3.63) is 29.8 Å². The molecule has 1 aromatic rings. The van der Waals surface area contributed by atoms with Gasteiger partial charge < -0.3 is 20.0 Å². The van der Waals surface area contributed by atoms with Gasteiger partial charge in [-0.15, -0.1) is 0 Å². The zero-order valence-electron chi connectivity index (χ0n) is 9.05. The molecular formula is C11H12FmNO4-. The molecule has 0 spiro atoms. The molecule has 98 valence electrons. The van der Waals surface area contributed by atoms with Crippen LogP contribution in [0.1, 0.15) is 5.56 Å². The Morgan fingerprint density at radius 3 is 2.53 bits per heavy atom. The number of carbonyl (C=O) groups excluding carboxylic acids is 2. The number of methoxy groups -OCH3 is 1. The largest absolute Gasteiger partial charge is 0.520 e. The number of nitrogens with one attached hydrogen (secondary N) is 1. The van der Waals surface area contributed by atoms with Gasteiger partial charge in [0.05, 0.1) is 7.11 Å². The summed E-state index contributed by atoms with van der Waals surface area (Å²) in [5.41, 5.74) is 0.802. The van der Waals surface area contributed by atoms with Crippen LogP contribution in [0.4, 0.5) is 0 Å². The van der Waals surface area contributed by atoms with Gasteiger partial charge in [0.15, 0.2) is 0 Å². The van der Waals surface area contributed by atoms with Gasteiger partial charge in [-0.3, -0.25) is 0 Å². The van der Waals surface area contributed by atoms with E-state index in [1.54, 1.807) is 12.1 Å². The van der Waals surface area contributed by atoms with Crippen molar-refractivity contribution >= 4 is 12.4 Å². The number of phenolic OH excluding ortho intramolecular Hbond substituents is 1. The minimum Gasteiger partial charge on any atom is -0.520 e. The summed E-state index contributed by atoms with van der Waals surface area (Å²) in [7, 11) is 1.25. The Morgan fingerprint density at radius 1 is 1.47 bits per heavy atom. The average molecular weight is 479 g/mol. The second kappa shape index (κ2) is 6.44. The van der Waals surface area contributed by atoms with Gasteiger partial charge in [-0.05, 0) is 17.7 Å². The number of esters is 1. The van der Waals surface area contributed by atoms with Crippen molar-refractivity contribution in [2.45, 2.75) is 12.5 Å². The Kier molecular flexibility index (Phi) is 5.29. The third kappa shape index (κ3) is 3.91. The smallest absolute Gasteiger partial charge is 0.326 e. The summed E-state index contributed by atoms with van der Waals surface area (Å²) in [5.74, 6) is -0.385. The molecule has 17 heavy (non-hydrogen) atoms. The number of aromatic hydroxyl groups is 1. The van der Waals surface area contributed by atoms with E-state index in [9.17, 15) is 9.59 Å². The molecule has 1 aromatic carbocycles. The Balaban J connectivity index is 0.00000256. The fourth-order valence-corrected chi connectivity index (χ4v) is 1.27. The van der Waals surface area contributed by atoms with Gasteiger partial charge in [0, 0.05) is 6.42 Å². The molecule has 0 bridgehead atoms. The monoisotopic (exact) mass is 479 g/mol. The maximum absolute atomic E-state index is 11.3. The summed E-state index contributed by atoms with van der Waals surface area (Å²) in [6, 6.07) is 5.59. The first-order valence-corrected chi connectivity index (χ1v) is 4.65. The summed E-state index contributed by atoms with van der Waals surface area (Å²) in [6.45, 7) is 0. The van der Waals surface area contributed by atoms with Crippen LogP contribution in [-0.4, -0.2) is 30.6 Å². The number of benzene rings is 1. The van der Waals surface area contributed by atoms with Gasteiger partial charge in [0.25, 0.3) is 0 Å². The predicted molar refractivity (Wildman–Crippen MR) is 56.4 cm³/mol. The number of phenols is 1. The molecule has 2 N–H and O–H groups in total. The van der Waals surface area contributed by atoms with Crippen LogP contribution in [-0.2, 0) is 20.7 Å². The standard InChI is InChI=1S/C11H12NO4.Fm/c1-16-11(15)10(12-7-13)6-8-2-4-9(14)5-3-8;/h2-5,10,14H,6H2,1H3,(H,12,13);/q-1;/t10-;/m0./s1. The maximum Gasteiger partial charge on any atom is 0.326 e. The minimum atomic E-state index is -0.757. The van der Waals surface area contributed by atoms with Gasteiger partial charge >= 0.3 is 5.97 Å². The molecule has 0 saturated heterocycles. The first-order valence-electron chi connectivity index (χ1n) is 4.65. The van der Waals surface area contributed by atoms with Gasteiger partial charge in [0.2, 0.25) is 0 Å². The number of hydrogen-bond acceptors (Lipinski definition) is 4. The Morgan fingerprint density at radius 2 is 2.06 bits per heavy atom. The Hall–Kier alpha value is -3.04. The average Bonchev–Trinajstić information content (AvgIpc) is 2.30. The maximum atomic E-state index is 11.3. The molecule has 0 unspecified atom stereocenters. The van der Waals surface area contributed by atoms with Gasteiger partial charge in [0.1, 0.15) is 11.8 Å². The second-order valence-corrected chi connectivity index (χ2v) is 3.19. The molecule has 0 aliphatic rings. The van der Waals surface area contributed by atoms with Crippen LogP contribution in [0, 0.1) is 0 Å². The normalized spacial score (nSPS) is 10.9. The summed E-state index contributed by atoms with van der Waals surface area (Å²) >= 11 is 0. The molecule has 0 radical (unpaired) electrons. The van der Waals surface area contributed by atoms with Crippen molar-refractivity contribution in [3.63, 3.8) is 0 Å². The quantitative estimate of drug-likeness (QED) is 0.358. The third-order valence-corrected chi connectivity index (χ3v) is 2.10. The molecule has 0 fully saturated rings. The van der Waals surface area contributed by atoms with Crippen LogP contribution in [0.3, 0.4) is 0 Å². The van der Waals surface area contributed by atoms with Gasteiger partial charge in [-0.1, -0.05) is 12.1 Å². The van der Waals surface area contributed by atoms with Crippen LogP contribution in [0.5, 0.6) is 5.75 Å². The van der Waals surface area contributed by atoms with E-state index in [2.05, 4.69) is 10.1 Å². The zero-order chi connectivity index (χ0) is 12.0. The fourth-order valence-electron chi connectivity index (χ4n) is 1.27. The molecule has 0 heterocycles. The zero-order valence-corrected chi connectivity index (χ0v) is 11.5. The van der Waals surface area contributed by atoms with E-state index in [0.717, 1.165) is 5.56 Å². The van der Waals surface area contributed by atoms with Crippen molar-refractivity contribution in [2.24, 2.45) is 0 Å². The molecule has 0 aliphatic carbocycles. The first kappa shape index (κ1) is 14.0. The van der Waals surface area contributed by atoms with Crippen molar-refractivity contribution in [1.82, 2.24) is 5.32 Å². The topological polar surface area (TPSA) is 75.6 Å². The van der Waals surface area contributed by atoms with Crippen molar-refractivity contribution < 1.29 is 19.4 Å². The summed E-state index contributed by atoms with van der Waals surface area (Å²) in [4.78, 5) is 21.5. The number of hydrogen-bond donors (Lipinski definition) is 2. The van der Waals surface area contributed by atoms with Crippen LogP contribution >= 0.6 is 0 Å². The summed E-state index contributed by atoms with van der Waals surface area (Å²) < 4.78 is 4.53. The van der Waals surface area contributed by atoms with Gasteiger partial charge in [-0.25, -0.2) is 4.79 Å². The molecular weight excluding hydrogens is 467 g/mol. The van der Waals surface area contributed by atoms with Crippen LogP contribution in [0.15, 0.2) is 24.3 Å². The van der Waals surface area contributed by atoms with Crippen molar-refractivity contribution in [1.29, 1.82) is 0 Å². The van der Waals surface area contributed by atoms with E-state index in [1.165, 1.54) is 25.7 Å². The summed E-state index contributed by atoms with van der Waals surface area (Å²) in [6.07, 6.45) is 1.76. The van der Waals surface area contributed by atoms with E-state index in [4.69, 9.17) is 5.11 Å². The first-order chi connectivity index (χ1) is 7.67. The number of rotatable bonds is 5. The molecule has 0 saturated carbocycles. The molecule has 6 heteroatoms. The minimum absolute atomic E-state index is 0. The van der Waals surface area contributed by atoms with E-state index >= 15 is 0 Å². The predicted octanol–water partition coefficient (Wildman–Crippen LogP) is 0.133. The number of ether oxygens (including phenoxy) is 1. The van der Waals surface area contributed by atoms with E-state index < -0.39 is 12.0 Å². The third-order valence-electron chi connectivity index (χ3n) is 2.10. The molecule has 0 aromatic heterocycles. The Bertz CT molecular complexity index is 366. The second-order valence-electron chi connectivity index (χ2n) is 3.19. The van der Waals surface area contributed by atoms with E-state index in [1.807, 2.05) is 0 Å². The SMILES string of the molecule is COC(=O)[C@H](Cc1ccc(O)cc1)N[C-]=O.[Fm]. The van der Waals surface area contributed by atoms with Crippen LogP contribution in [0.2, 0.25) is 0 Å². The van der Waals surface area contributed by atoms with Crippen molar-refractivity contribution in [2.75, 3.05) is 7.11 Å². The van der Waals surface area contributed by atoms with Gasteiger partial charge in [-0.2, -0.15) is 6.41 Å². The van der Waals surface area contributed by atoms with Crippen LogP contribution < -0.4 is 5.32 Å². The van der Waals surface area contributed by atoms with Crippen molar-refractivity contribution in [3.8, 4) is 5.75 Å². The molecule has 1 atom stereocenters. The number of amides is 1. The Labute approximate surface area is 93.0 Å². The van der Waals surface area contributed by atoms with E-state index in [-0.39, 0.29) is 5.75 Å². The fraction of sp³-hybridized carbons (Fsp3) is 0.273. The molecule has 5 nitrogen and oxygen atoms in total. The molecule has 1 amide bonds. The van der Waals surface area contributed by atoms with Crippen LogP contribution in [0.25, 0.3) is 0 Å². The number of carbonyl (C=O) groups is 1. The molecule has 0 aliphatic heterocycles. The van der Waals surface area contributed by atoms with E-state index in [0.29, 0.717) is 6.42 Å². The summed E-state index contributed by atoms with van der Waals surface area (Å²) in [5, 5.41) is 11.3.